The van der Waals surface area contributed by atoms with Crippen LogP contribution in [0.5, 0.6) is 17.2 Å². The van der Waals surface area contributed by atoms with Gasteiger partial charge in [-0.15, -0.1) is 0 Å². The Hall–Kier alpha value is -3.81. The Balaban J connectivity index is 1.92. The van der Waals surface area contributed by atoms with Crippen LogP contribution in [0.25, 0.3) is 33.4 Å². The fourth-order valence-electron chi connectivity index (χ4n) is 4.67. The lowest BCUT2D eigenvalue weighted by atomic mass is 9.93. The lowest BCUT2D eigenvalue weighted by molar-refractivity contribution is 0.130. The topological polar surface area (TPSA) is 84.9 Å². The molecule has 0 aromatic heterocycles. The van der Waals surface area contributed by atoms with E-state index in [4.69, 9.17) is 14.2 Å². The summed E-state index contributed by atoms with van der Waals surface area (Å²) in [6.45, 7) is 17.7. The zero-order valence-corrected chi connectivity index (χ0v) is 27.3. The Morgan fingerprint density at radius 3 is 1.00 bits per heavy atom. The molecule has 0 heterocycles. The third kappa shape index (κ3) is 8.85. The average Bonchev–Trinajstić information content (AvgIpc) is 2.86. The third-order valence-corrected chi connectivity index (χ3v) is 7.07. The van der Waals surface area contributed by atoms with Crippen molar-refractivity contribution in [1.29, 1.82) is 0 Å². The molecule has 0 aliphatic heterocycles. The van der Waals surface area contributed by atoms with Gasteiger partial charge in [0.2, 0.25) is 0 Å². The first-order valence-electron chi connectivity index (χ1n) is 14.3. The van der Waals surface area contributed by atoms with E-state index in [9.17, 15) is 13.0 Å². The molecule has 0 amide bonds. The Morgan fingerprint density at radius 2 is 0.744 bits per heavy atom. The molecule has 7 heteroatoms. The summed E-state index contributed by atoms with van der Waals surface area (Å²) in [5.41, 5.74) is 2.25. The summed E-state index contributed by atoms with van der Waals surface area (Å²) in [5, 5.41) is 0. The Labute approximate surface area is 256 Å². The maximum Gasteiger partial charge on any atom is 0.125 e. The van der Waals surface area contributed by atoms with Crippen LogP contribution in [0.4, 0.5) is 0 Å². The lowest BCUT2D eigenvalue weighted by Crippen LogP contribution is -2.22. The molecule has 0 aliphatic rings. The maximum absolute atomic E-state index is 12.9. The number of benzene rings is 4. The minimum atomic E-state index is -4.90. The molecule has 43 heavy (non-hydrogen) atoms. The van der Waals surface area contributed by atoms with Gasteiger partial charge < -0.3 is 18.8 Å². The van der Waals surface area contributed by atoms with Crippen LogP contribution in [0.3, 0.4) is 0 Å². The molecule has 4 aromatic carbocycles. The molecule has 0 saturated carbocycles. The van der Waals surface area contributed by atoms with Crippen LogP contribution in [-0.4, -0.2) is 29.8 Å². The van der Waals surface area contributed by atoms with Crippen LogP contribution < -0.4 is 14.2 Å². The SMILES string of the molecule is CC(C)(C)Oc1ccc(-c2cc(-c3ccc(OC(C)(C)C)cc3)c(S(=O)(=O)[O-])c(-c3ccc(OC(C)(C)C)cc3)c2)cc1. The average molecular weight is 602 g/mol. The predicted molar refractivity (Wildman–Crippen MR) is 172 cm³/mol. The molecule has 0 radical (unpaired) electrons. The number of ether oxygens (including phenoxy) is 3. The van der Waals surface area contributed by atoms with Crippen molar-refractivity contribution in [2.75, 3.05) is 0 Å². The van der Waals surface area contributed by atoms with Gasteiger partial charge in [-0.25, -0.2) is 8.42 Å². The molecule has 6 nitrogen and oxygen atoms in total. The normalized spacial score (nSPS) is 12.6. The van der Waals surface area contributed by atoms with Crippen LogP contribution in [0, 0.1) is 0 Å². The van der Waals surface area contributed by atoms with E-state index in [0.717, 1.165) is 16.9 Å². The van der Waals surface area contributed by atoms with E-state index in [1.807, 2.05) is 86.6 Å². The standard InChI is InChI=1S/C36H42O6S/c1-34(2,3)40-28-16-10-24(11-17-28)27-22-31(25-12-18-29(19-13-25)41-35(4,5)6)33(43(37,38)39)32(23-27)26-14-20-30(21-15-26)42-36(7,8)9/h10-23H,1-9H3,(H,37,38,39)/p-1. The summed E-state index contributed by atoms with van der Waals surface area (Å²) in [5.74, 6) is 2.00. The van der Waals surface area contributed by atoms with E-state index in [0.29, 0.717) is 33.8 Å². The van der Waals surface area contributed by atoms with Gasteiger partial charge in [0.05, 0.1) is 4.90 Å². The molecular weight excluding hydrogens is 560 g/mol. The Kier molecular flexibility index (Phi) is 8.74. The van der Waals surface area contributed by atoms with Crippen LogP contribution in [0.1, 0.15) is 62.3 Å². The van der Waals surface area contributed by atoms with Crippen molar-refractivity contribution in [3.05, 3.63) is 84.9 Å². The summed E-state index contributed by atoms with van der Waals surface area (Å²) in [7, 11) is -4.90. The van der Waals surface area contributed by atoms with E-state index in [2.05, 4.69) is 0 Å². The molecule has 0 atom stereocenters. The monoisotopic (exact) mass is 601 g/mol. The molecule has 4 aromatic rings. The highest BCUT2D eigenvalue weighted by atomic mass is 32.2. The largest absolute Gasteiger partial charge is 0.744 e. The van der Waals surface area contributed by atoms with Gasteiger partial charge in [-0.2, -0.15) is 0 Å². The van der Waals surface area contributed by atoms with Crippen molar-refractivity contribution in [2.45, 2.75) is 84.0 Å². The Morgan fingerprint density at radius 1 is 0.465 bits per heavy atom. The van der Waals surface area contributed by atoms with Crippen LogP contribution in [0.15, 0.2) is 89.8 Å². The van der Waals surface area contributed by atoms with Crippen molar-refractivity contribution in [1.82, 2.24) is 0 Å². The second-order valence-corrected chi connectivity index (χ2v) is 14.9. The number of hydrogen-bond donors (Lipinski definition) is 0. The summed E-state index contributed by atoms with van der Waals surface area (Å²) in [4.78, 5) is -0.280. The quantitative estimate of drug-likeness (QED) is 0.196. The van der Waals surface area contributed by atoms with Crippen LogP contribution >= 0.6 is 0 Å². The van der Waals surface area contributed by atoms with Crippen molar-refractivity contribution in [3.8, 4) is 50.6 Å². The molecule has 0 fully saturated rings. The molecule has 4 rings (SSSR count). The maximum atomic E-state index is 12.9. The minimum Gasteiger partial charge on any atom is -0.744 e. The van der Waals surface area contributed by atoms with Crippen LogP contribution in [-0.2, 0) is 10.1 Å². The van der Waals surface area contributed by atoms with Crippen molar-refractivity contribution in [3.63, 3.8) is 0 Å². The molecule has 0 saturated heterocycles. The van der Waals surface area contributed by atoms with Gasteiger partial charge in [0, 0.05) is 11.1 Å². The number of rotatable bonds is 7. The summed E-state index contributed by atoms with van der Waals surface area (Å²) < 4.78 is 56.7. The highest BCUT2D eigenvalue weighted by Crippen LogP contribution is 2.41. The van der Waals surface area contributed by atoms with Gasteiger partial charge in [0.15, 0.2) is 0 Å². The summed E-state index contributed by atoms with van der Waals surface area (Å²) >= 11 is 0. The zero-order chi connectivity index (χ0) is 31.8. The van der Waals surface area contributed by atoms with Gasteiger partial charge in [0.1, 0.15) is 44.2 Å². The molecule has 0 bridgehead atoms. The minimum absolute atomic E-state index is 0.280. The molecule has 0 unspecified atom stereocenters. The van der Waals surface area contributed by atoms with E-state index < -0.39 is 21.3 Å². The molecule has 0 aliphatic carbocycles. The van der Waals surface area contributed by atoms with Gasteiger partial charge in [0.25, 0.3) is 0 Å². The fourth-order valence-corrected chi connectivity index (χ4v) is 5.57. The van der Waals surface area contributed by atoms with Crippen molar-refractivity contribution >= 4 is 10.1 Å². The first kappa shape index (κ1) is 32.1. The van der Waals surface area contributed by atoms with E-state index >= 15 is 0 Å². The second kappa shape index (κ2) is 11.7. The summed E-state index contributed by atoms with van der Waals surface area (Å²) in [6, 6.07) is 25.4. The fraction of sp³-hybridized carbons (Fsp3) is 0.333. The Bertz CT molecular complexity index is 1590. The third-order valence-electron chi connectivity index (χ3n) is 6.13. The van der Waals surface area contributed by atoms with Gasteiger partial charge in [-0.1, -0.05) is 36.4 Å². The van der Waals surface area contributed by atoms with Crippen molar-refractivity contribution < 1.29 is 27.2 Å². The lowest BCUT2D eigenvalue weighted by Gasteiger charge is -2.23. The first-order chi connectivity index (χ1) is 19.8. The number of hydrogen-bond acceptors (Lipinski definition) is 6. The predicted octanol–water partition coefficient (Wildman–Crippen LogP) is 9.12. The molecule has 228 valence electrons. The first-order valence-corrected chi connectivity index (χ1v) is 15.7. The van der Waals surface area contributed by atoms with Gasteiger partial charge >= 0.3 is 0 Å². The van der Waals surface area contributed by atoms with Crippen LogP contribution in [0.2, 0.25) is 0 Å². The smallest absolute Gasteiger partial charge is 0.125 e. The highest BCUT2D eigenvalue weighted by Gasteiger charge is 2.21. The van der Waals surface area contributed by atoms with E-state index in [-0.39, 0.29) is 10.5 Å². The second-order valence-electron chi connectivity index (χ2n) is 13.6. The zero-order valence-electron chi connectivity index (χ0n) is 26.4. The molecular formula is C36H41O6S-. The molecule has 0 N–H and O–H groups in total. The molecule has 0 spiro atoms. The summed E-state index contributed by atoms with van der Waals surface area (Å²) in [6.07, 6.45) is 0. The van der Waals surface area contributed by atoms with Crippen molar-refractivity contribution in [2.24, 2.45) is 0 Å². The highest BCUT2D eigenvalue weighted by molar-refractivity contribution is 7.86. The van der Waals surface area contributed by atoms with Gasteiger partial charge in [-0.05, 0) is 133 Å². The van der Waals surface area contributed by atoms with Gasteiger partial charge in [-0.3, -0.25) is 0 Å². The van der Waals surface area contributed by atoms with E-state index in [1.165, 1.54) is 0 Å². The van der Waals surface area contributed by atoms with E-state index in [1.54, 1.807) is 60.7 Å².